The minimum Gasteiger partial charge on any atom is -0.490 e. The fraction of sp³-hybridized carbons (Fsp3) is 0.533. The number of aliphatic carboxylic acids is 1. The molecule has 0 bridgehead atoms. The number of ether oxygens (including phenoxy) is 2. The predicted octanol–water partition coefficient (Wildman–Crippen LogP) is 3.51. The van der Waals surface area contributed by atoms with Gasteiger partial charge in [-0.3, -0.25) is 4.79 Å². The first-order valence-corrected chi connectivity index (χ1v) is 7.76. The zero-order chi connectivity index (χ0) is 14.2. The molecule has 1 aliphatic heterocycles. The average molecular weight is 341 g/mol. The summed E-state index contributed by atoms with van der Waals surface area (Å²) < 4.78 is 12.1. The highest BCUT2D eigenvalue weighted by atomic mass is 79.9. The van der Waals surface area contributed by atoms with Gasteiger partial charge in [0.25, 0.3) is 0 Å². The molecule has 0 radical (unpaired) electrons. The Balaban J connectivity index is 2.09. The summed E-state index contributed by atoms with van der Waals surface area (Å²) in [5, 5.41) is 9.71. The third-order valence-corrected chi connectivity index (χ3v) is 4.88. The van der Waals surface area contributed by atoms with Gasteiger partial charge in [0.05, 0.1) is 18.6 Å². The minimum absolute atomic E-state index is 0.605. The van der Waals surface area contributed by atoms with E-state index in [4.69, 9.17) is 9.47 Å². The molecule has 20 heavy (non-hydrogen) atoms. The van der Waals surface area contributed by atoms with Gasteiger partial charge < -0.3 is 14.6 Å². The van der Waals surface area contributed by atoms with Crippen molar-refractivity contribution in [2.75, 3.05) is 13.2 Å². The second kappa shape index (κ2) is 5.28. The van der Waals surface area contributed by atoms with Crippen molar-refractivity contribution < 1.29 is 19.4 Å². The van der Waals surface area contributed by atoms with Crippen LogP contribution in [0.1, 0.15) is 37.7 Å². The van der Waals surface area contributed by atoms with Crippen LogP contribution < -0.4 is 9.47 Å². The molecule has 1 fully saturated rings. The van der Waals surface area contributed by atoms with Crippen molar-refractivity contribution in [3.05, 3.63) is 22.2 Å². The maximum atomic E-state index is 11.8. The first kappa shape index (κ1) is 13.7. The van der Waals surface area contributed by atoms with E-state index in [1.807, 2.05) is 12.1 Å². The lowest BCUT2D eigenvalue weighted by Crippen LogP contribution is -2.33. The molecule has 1 aromatic rings. The molecular formula is C15H17BrO4. The Morgan fingerprint density at radius 1 is 1.10 bits per heavy atom. The summed E-state index contributed by atoms with van der Waals surface area (Å²) in [6.45, 7) is 1.23. The first-order valence-electron chi connectivity index (χ1n) is 6.96. The van der Waals surface area contributed by atoms with Crippen LogP contribution in [0.3, 0.4) is 0 Å². The Morgan fingerprint density at radius 3 is 2.30 bits per heavy atom. The molecule has 1 N–H and O–H groups in total. The number of hydrogen-bond donors (Lipinski definition) is 1. The predicted molar refractivity (Wildman–Crippen MR) is 77.5 cm³/mol. The van der Waals surface area contributed by atoms with Crippen LogP contribution in [0.25, 0.3) is 0 Å². The van der Waals surface area contributed by atoms with E-state index in [9.17, 15) is 9.90 Å². The van der Waals surface area contributed by atoms with Gasteiger partial charge in [-0.2, -0.15) is 0 Å². The van der Waals surface area contributed by atoms with Gasteiger partial charge in [-0.25, -0.2) is 0 Å². The highest BCUT2D eigenvalue weighted by Gasteiger charge is 2.44. The molecule has 108 valence electrons. The number of fused-ring (bicyclic) bond motifs is 1. The van der Waals surface area contributed by atoms with E-state index < -0.39 is 11.4 Å². The molecule has 1 saturated carbocycles. The van der Waals surface area contributed by atoms with Gasteiger partial charge in [0.15, 0.2) is 11.5 Å². The second-order valence-electron chi connectivity index (χ2n) is 5.42. The molecule has 0 spiro atoms. The minimum atomic E-state index is -0.788. The maximum absolute atomic E-state index is 11.8. The molecule has 0 amide bonds. The standard InChI is InChI=1S/C15H17BrO4/c16-11-9-13-12(19-6-3-7-20-13)8-10(11)15(14(17)18)4-1-2-5-15/h8-9H,1-7H2,(H,17,18). The van der Waals surface area contributed by atoms with E-state index in [1.54, 1.807) is 0 Å². The Kier molecular flexibility index (Phi) is 3.63. The van der Waals surface area contributed by atoms with E-state index in [1.165, 1.54) is 0 Å². The molecule has 4 nitrogen and oxygen atoms in total. The highest BCUT2D eigenvalue weighted by Crippen LogP contribution is 2.47. The highest BCUT2D eigenvalue weighted by molar-refractivity contribution is 9.10. The van der Waals surface area contributed by atoms with E-state index in [-0.39, 0.29) is 0 Å². The summed E-state index contributed by atoms with van der Waals surface area (Å²) >= 11 is 3.52. The van der Waals surface area contributed by atoms with Crippen molar-refractivity contribution in [3.8, 4) is 11.5 Å². The van der Waals surface area contributed by atoms with Crippen LogP contribution >= 0.6 is 15.9 Å². The molecule has 1 aliphatic carbocycles. The number of halogens is 1. The molecule has 0 saturated heterocycles. The van der Waals surface area contributed by atoms with Gasteiger partial charge in [-0.1, -0.05) is 28.8 Å². The van der Waals surface area contributed by atoms with Crippen LogP contribution in [0.2, 0.25) is 0 Å². The van der Waals surface area contributed by atoms with Crippen LogP contribution in [0, 0.1) is 0 Å². The summed E-state index contributed by atoms with van der Waals surface area (Å²) in [7, 11) is 0. The van der Waals surface area contributed by atoms with Crippen molar-refractivity contribution in [2.45, 2.75) is 37.5 Å². The Bertz CT molecular complexity index is 535. The number of hydrogen-bond acceptors (Lipinski definition) is 3. The van der Waals surface area contributed by atoms with Crippen LogP contribution in [0.5, 0.6) is 11.5 Å². The van der Waals surface area contributed by atoms with E-state index in [2.05, 4.69) is 15.9 Å². The molecule has 3 rings (SSSR count). The first-order chi connectivity index (χ1) is 9.63. The molecule has 5 heteroatoms. The summed E-state index contributed by atoms with van der Waals surface area (Å²) in [6.07, 6.45) is 4.10. The Morgan fingerprint density at radius 2 is 1.70 bits per heavy atom. The van der Waals surface area contributed by atoms with Crippen molar-refractivity contribution in [1.82, 2.24) is 0 Å². The van der Waals surface area contributed by atoms with Gasteiger partial charge in [0.2, 0.25) is 0 Å². The SMILES string of the molecule is O=C(O)C1(c2cc3c(cc2Br)OCCCO3)CCCC1. The largest absolute Gasteiger partial charge is 0.490 e. The van der Waals surface area contributed by atoms with Gasteiger partial charge in [0.1, 0.15) is 0 Å². The molecule has 0 aromatic heterocycles. The van der Waals surface area contributed by atoms with E-state index in [0.717, 1.165) is 29.3 Å². The molecule has 1 aromatic carbocycles. The van der Waals surface area contributed by atoms with Gasteiger partial charge in [0, 0.05) is 10.9 Å². The van der Waals surface area contributed by atoms with Crippen LogP contribution in [-0.4, -0.2) is 24.3 Å². The van der Waals surface area contributed by atoms with Crippen molar-refractivity contribution in [1.29, 1.82) is 0 Å². The molecule has 0 atom stereocenters. The van der Waals surface area contributed by atoms with Crippen LogP contribution in [0.15, 0.2) is 16.6 Å². The molecule has 1 heterocycles. The lowest BCUT2D eigenvalue weighted by atomic mass is 9.79. The van der Waals surface area contributed by atoms with Gasteiger partial charge in [-0.15, -0.1) is 0 Å². The van der Waals surface area contributed by atoms with Crippen molar-refractivity contribution in [3.63, 3.8) is 0 Å². The number of carbonyl (C=O) groups is 1. The third kappa shape index (κ3) is 2.18. The zero-order valence-corrected chi connectivity index (χ0v) is 12.7. The summed E-state index contributed by atoms with van der Waals surface area (Å²) in [4.78, 5) is 11.8. The Hall–Kier alpha value is -1.23. The number of carboxylic acids is 1. The average Bonchev–Trinajstić information content (AvgIpc) is 2.80. The topological polar surface area (TPSA) is 55.8 Å². The molecule has 2 aliphatic rings. The lowest BCUT2D eigenvalue weighted by molar-refractivity contribution is -0.143. The van der Waals surface area contributed by atoms with E-state index >= 15 is 0 Å². The van der Waals surface area contributed by atoms with Crippen LogP contribution in [0.4, 0.5) is 0 Å². The Labute approximate surface area is 126 Å². The van der Waals surface area contributed by atoms with Crippen LogP contribution in [-0.2, 0) is 10.2 Å². The number of carboxylic acid groups (broad SMARTS) is 1. The summed E-state index contributed by atoms with van der Waals surface area (Å²) in [5.41, 5.74) is 0.0236. The van der Waals surface area contributed by atoms with Gasteiger partial charge >= 0.3 is 5.97 Å². The summed E-state index contributed by atoms with van der Waals surface area (Å²) in [5.74, 6) is 0.607. The second-order valence-corrected chi connectivity index (χ2v) is 6.28. The quantitative estimate of drug-likeness (QED) is 0.894. The van der Waals surface area contributed by atoms with Crippen molar-refractivity contribution >= 4 is 21.9 Å². The lowest BCUT2D eigenvalue weighted by Gasteiger charge is -2.26. The van der Waals surface area contributed by atoms with E-state index in [0.29, 0.717) is 37.6 Å². The fourth-order valence-electron chi connectivity index (χ4n) is 3.13. The smallest absolute Gasteiger partial charge is 0.314 e. The van der Waals surface area contributed by atoms with Gasteiger partial charge in [-0.05, 0) is 30.5 Å². The summed E-state index contributed by atoms with van der Waals surface area (Å²) in [6, 6.07) is 3.70. The van der Waals surface area contributed by atoms with Crippen molar-refractivity contribution in [2.24, 2.45) is 0 Å². The normalized spacial score (nSPS) is 20.4. The maximum Gasteiger partial charge on any atom is 0.314 e. The zero-order valence-electron chi connectivity index (χ0n) is 11.2. The number of benzene rings is 1. The third-order valence-electron chi connectivity index (χ3n) is 4.22. The fourth-order valence-corrected chi connectivity index (χ4v) is 3.83. The monoisotopic (exact) mass is 340 g/mol. The number of rotatable bonds is 2. The molecular weight excluding hydrogens is 324 g/mol. The molecule has 0 unspecified atom stereocenters.